The SMILES string of the molecule is C=CCc1ccc(OCc2nnc(SCC(=O)NN)o2)c(OC)c1. The number of carbonyl (C=O) groups is 1. The van der Waals surface area contributed by atoms with E-state index < -0.39 is 0 Å². The van der Waals surface area contributed by atoms with E-state index in [9.17, 15) is 4.79 Å². The molecular weight excluding hydrogens is 332 g/mol. The van der Waals surface area contributed by atoms with Crippen molar-refractivity contribution in [1.29, 1.82) is 0 Å². The average Bonchev–Trinajstić information content (AvgIpc) is 3.06. The van der Waals surface area contributed by atoms with Crippen LogP contribution in [-0.2, 0) is 17.8 Å². The summed E-state index contributed by atoms with van der Waals surface area (Å²) in [5, 5.41) is 7.95. The number of aromatic nitrogens is 2. The Balaban J connectivity index is 1.94. The molecule has 1 heterocycles. The molecule has 0 aliphatic carbocycles. The monoisotopic (exact) mass is 350 g/mol. The molecule has 0 unspecified atom stereocenters. The molecule has 1 amide bonds. The lowest BCUT2D eigenvalue weighted by atomic mass is 10.1. The average molecular weight is 350 g/mol. The van der Waals surface area contributed by atoms with Gasteiger partial charge < -0.3 is 13.9 Å². The molecule has 2 aromatic rings. The zero-order valence-electron chi connectivity index (χ0n) is 13.2. The van der Waals surface area contributed by atoms with Crippen molar-refractivity contribution < 1.29 is 18.7 Å². The van der Waals surface area contributed by atoms with Crippen LogP contribution >= 0.6 is 11.8 Å². The molecule has 0 bridgehead atoms. The number of nitrogens with zero attached hydrogens (tertiary/aromatic N) is 2. The summed E-state index contributed by atoms with van der Waals surface area (Å²) in [6.45, 7) is 3.80. The van der Waals surface area contributed by atoms with Gasteiger partial charge in [0.2, 0.25) is 5.91 Å². The van der Waals surface area contributed by atoms with Crippen molar-refractivity contribution in [3.63, 3.8) is 0 Å². The summed E-state index contributed by atoms with van der Waals surface area (Å²) in [5.41, 5.74) is 3.09. The second kappa shape index (κ2) is 8.94. The Hall–Kier alpha value is -2.52. The molecule has 24 heavy (non-hydrogen) atoms. The van der Waals surface area contributed by atoms with Gasteiger partial charge >= 0.3 is 0 Å². The quantitative estimate of drug-likeness (QED) is 0.230. The van der Waals surface area contributed by atoms with Crippen molar-refractivity contribution in [2.45, 2.75) is 18.3 Å². The maximum Gasteiger partial charge on any atom is 0.277 e. The van der Waals surface area contributed by atoms with Gasteiger partial charge in [-0.1, -0.05) is 23.9 Å². The van der Waals surface area contributed by atoms with E-state index in [1.54, 1.807) is 7.11 Å². The first kappa shape index (κ1) is 17.8. The molecule has 0 radical (unpaired) electrons. The first-order valence-corrected chi connectivity index (χ1v) is 8.00. The zero-order chi connectivity index (χ0) is 17.4. The highest BCUT2D eigenvalue weighted by atomic mass is 32.2. The minimum atomic E-state index is -0.333. The Morgan fingerprint density at radius 1 is 1.46 bits per heavy atom. The van der Waals surface area contributed by atoms with Crippen molar-refractivity contribution in [1.82, 2.24) is 15.6 Å². The summed E-state index contributed by atoms with van der Waals surface area (Å²) in [6, 6.07) is 5.63. The van der Waals surface area contributed by atoms with Crippen LogP contribution in [0.4, 0.5) is 0 Å². The fourth-order valence-electron chi connectivity index (χ4n) is 1.79. The first-order valence-electron chi connectivity index (χ1n) is 7.01. The summed E-state index contributed by atoms with van der Waals surface area (Å²) >= 11 is 1.09. The fourth-order valence-corrected chi connectivity index (χ4v) is 2.38. The second-order valence-corrected chi connectivity index (χ2v) is 5.51. The van der Waals surface area contributed by atoms with Gasteiger partial charge in [-0.3, -0.25) is 10.2 Å². The van der Waals surface area contributed by atoms with Gasteiger partial charge in [-0.25, -0.2) is 5.84 Å². The molecule has 128 valence electrons. The highest BCUT2D eigenvalue weighted by Gasteiger charge is 2.11. The molecule has 0 aliphatic rings. The lowest BCUT2D eigenvalue weighted by Gasteiger charge is -2.10. The van der Waals surface area contributed by atoms with Crippen LogP contribution in [0.1, 0.15) is 11.5 Å². The second-order valence-electron chi connectivity index (χ2n) is 4.58. The summed E-state index contributed by atoms with van der Waals surface area (Å²) in [7, 11) is 1.57. The van der Waals surface area contributed by atoms with E-state index in [-0.39, 0.29) is 23.5 Å². The van der Waals surface area contributed by atoms with Crippen molar-refractivity contribution in [2.75, 3.05) is 12.9 Å². The standard InChI is InChI=1S/C15H18N4O4S/c1-3-4-10-5-6-11(12(7-10)21-2)22-8-14-18-19-15(23-14)24-9-13(20)17-16/h3,5-7H,1,4,8-9,16H2,2H3,(H,17,20). The first-order chi connectivity index (χ1) is 11.7. The number of carbonyl (C=O) groups excluding carboxylic acids is 1. The number of thioether (sulfide) groups is 1. The predicted molar refractivity (Wildman–Crippen MR) is 88.6 cm³/mol. The van der Waals surface area contributed by atoms with Gasteiger partial charge in [0, 0.05) is 0 Å². The topological polar surface area (TPSA) is 112 Å². The van der Waals surface area contributed by atoms with Crippen LogP contribution in [0.25, 0.3) is 0 Å². The molecule has 0 saturated carbocycles. The Labute approximate surface area is 143 Å². The largest absolute Gasteiger partial charge is 0.493 e. The van der Waals surface area contributed by atoms with Gasteiger partial charge in [0.15, 0.2) is 18.1 Å². The summed E-state index contributed by atoms with van der Waals surface area (Å²) in [4.78, 5) is 11.1. The van der Waals surface area contributed by atoms with Gasteiger partial charge in [-0.05, 0) is 24.1 Å². The Morgan fingerprint density at radius 2 is 2.29 bits per heavy atom. The van der Waals surface area contributed by atoms with Crippen LogP contribution in [-0.4, -0.2) is 29.0 Å². The molecule has 2 rings (SSSR count). The molecule has 0 atom stereocenters. The predicted octanol–water partition coefficient (Wildman–Crippen LogP) is 1.47. The molecule has 8 nitrogen and oxygen atoms in total. The van der Waals surface area contributed by atoms with Crippen molar-refractivity contribution in [2.24, 2.45) is 5.84 Å². The third kappa shape index (κ3) is 5.00. The number of rotatable bonds is 9. The van der Waals surface area contributed by atoms with E-state index in [1.807, 2.05) is 29.7 Å². The Morgan fingerprint density at radius 3 is 3.00 bits per heavy atom. The summed E-state index contributed by atoms with van der Waals surface area (Å²) < 4.78 is 16.3. The Kier molecular flexibility index (Phi) is 6.64. The lowest BCUT2D eigenvalue weighted by Crippen LogP contribution is -2.31. The van der Waals surface area contributed by atoms with E-state index in [1.165, 1.54) is 0 Å². The lowest BCUT2D eigenvalue weighted by molar-refractivity contribution is -0.118. The number of methoxy groups -OCH3 is 1. The third-order valence-corrected chi connectivity index (χ3v) is 3.71. The number of ether oxygens (including phenoxy) is 2. The number of benzene rings is 1. The normalized spacial score (nSPS) is 10.2. The summed E-state index contributed by atoms with van der Waals surface area (Å²) in [6.07, 6.45) is 2.56. The fraction of sp³-hybridized carbons (Fsp3) is 0.267. The van der Waals surface area contributed by atoms with E-state index >= 15 is 0 Å². The molecule has 0 spiro atoms. The van der Waals surface area contributed by atoms with Crippen molar-refractivity contribution in [3.05, 3.63) is 42.3 Å². The molecule has 0 aliphatic heterocycles. The highest BCUT2D eigenvalue weighted by Crippen LogP contribution is 2.29. The third-order valence-electron chi connectivity index (χ3n) is 2.90. The van der Waals surface area contributed by atoms with Crippen molar-refractivity contribution in [3.8, 4) is 11.5 Å². The molecule has 0 saturated heterocycles. The minimum Gasteiger partial charge on any atom is -0.493 e. The van der Waals surface area contributed by atoms with Crippen LogP contribution < -0.4 is 20.7 Å². The van der Waals surface area contributed by atoms with Gasteiger partial charge in [0.1, 0.15) is 0 Å². The van der Waals surface area contributed by atoms with Crippen LogP contribution in [0, 0.1) is 0 Å². The molecule has 0 fully saturated rings. The molecular formula is C15H18N4O4S. The van der Waals surface area contributed by atoms with E-state index in [2.05, 4.69) is 16.8 Å². The van der Waals surface area contributed by atoms with Crippen LogP contribution in [0.15, 0.2) is 40.5 Å². The molecule has 9 heteroatoms. The summed E-state index contributed by atoms with van der Waals surface area (Å²) in [5.74, 6) is 6.23. The number of hydrogen-bond donors (Lipinski definition) is 2. The molecule has 1 aromatic heterocycles. The van der Waals surface area contributed by atoms with Gasteiger partial charge in [-0.2, -0.15) is 0 Å². The number of nitrogens with two attached hydrogens (primary N) is 1. The maximum atomic E-state index is 11.1. The van der Waals surface area contributed by atoms with Crippen LogP contribution in [0.3, 0.4) is 0 Å². The Bertz CT molecular complexity index is 705. The number of hydrazine groups is 1. The van der Waals surface area contributed by atoms with Gasteiger partial charge in [0.05, 0.1) is 12.9 Å². The number of allylic oxidation sites excluding steroid dienone is 1. The number of amides is 1. The number of nitrogens with one attached hydrogen (secondary N) is 1. The zero-order valence-corrected chi connectivity index (χ0v) is 14.0. The molecule has 1 aromatic carbocycles. The highest BCUT2D eigenvalue weighted by molar-refractivity contribution is 7.99. The van der Waals surface area contributed by atoms with E-state index in [0.717, 1.165) is 23.7 Å². The molecule has 3 N–H and O–H groups in total. The van der Waals surface area contributed by atoms with Crippen LogP contribution in [0.5, 0.6) is 11.5 Å². The maximum absolute atomic E-state index is 11.1. The minimum absolute atomic E-state index is 0.0911. The van der Waals surface area contributed by atoms with E-state index in [4.69, 9.17) is 19.7 Å². The van der Waals surface area contributed by atoms with E-state index in [0.29, 0.717) is 17.4 Å². The number of hydrogen-bond acceptors (Lipinski definition) is 8. The van der Waals surface area contributed by atoms with Gasteiger partial charge in [0.25, 0.3) is 11.1 Å². The van der Waals surface area contributed by atoms with Crippen LogP contribution in [0.2, 0.25) is 0 Å². The van der Waals surface area contributed by atoms with Gasteiger partial charge in [-0.15, -0.1) is 16.8 Å². The smallest absolute Gasteiger partial charge is 0.277 e. The van der Waals surface area contributed by atoms with Crippen molar-refractivity contribution >= 4 is 17.7 Å².